The van der Waals surface area contributed by atoms with Gasteiger partial charge in [0, 0.05) is 19.3 Å². The lowest BCUT2D eigenvalue weighted by Gasteiger charge is -2.31. The number of allylic oxidation sites excluding steroid dienone is 14. The highest BCUT2D eigenvalue weighted by Crippen LogP contribution is 2.12. The standard InChI is InChI=1S/C43H69NO7/c1-6-8-10-12-14-16-18-20-22-24-26-28-30-32-34-42(46)51-39(37-49-36-35-40(43(47)48)44(3,4)5)38-50-41(45)33-31-29-27-25-23-21-19-17-15-13-11-9-7-2/h8-11,13-17,19,21,23,25,27,39-40H,6-7,12,18,20,22,24,26,28-38H2,1-5H3/p+1/b10-8+,11-9+,15-13+,16-14+,19-17+,23-21+,27-25+. The number of carboxylic acid groups (broad SMARTS) is 1. The molecule has 8 heteroatoms. The Kier molecular flexibility index (Phi) is 31.3. The minimum Gasteiger partial charge on any atom is -0.477 e. The topological polar surface area (TPSA) is 99.1 Å². The molecule has 51 heavy (non-hydrogen) atoms. The summed E-state index contributed by atoms with van der Waals surface area (Å²) in [7, 11) is 5.48. The maximum atomic E-state index is 12.7. The lowest BCUT2D eigenvalue weighted by molar-refractivity contribution is -0.887. The van der Waals surface area contributed by atoms with Crippen LogP contribution in [0.5, 0.6) is 0 Å². The van der Waals surface area contributed by atoms with Crippen LogP contribution in [0.3, 0.4) is 0 Å². The van der Waals surface area contributed by atoms with Crippen LogP contribution in [0.15, 0.2) is 85.1 Å². The Hall–Kier alpha value is -3.49. The van der Waals surface area contributed by atoms with Crippen molar-refractivity contribution in [2.45, 2.75) is 129 Å². The highest BCUT2D eigenvalue weighted by Gasteiger charge is 2.31. The second kappa shape index (κ2) is 33.6. The Morgan fingerprint density at radius 1 is 0.608 bits per heavy atom. The summed E-state index contributed by atoms with van der Waals surface area (Å²) in [4.78, 5) is 36.8. The number of likely N-dealkylation sites (N-methyl/N-ethyl adjacent to an activating group) is 1. The molecule has 0 spiro atoms. The third-order valence-corrected chi connectivity index (χ3v) is 7.92. The first-order valence-corrected chi connectivity index (χ1v) is 19.2. The molecule has 2 unspecified atom stereocenters. The van der Waals surface area contributed by atoms with E-state index < -0.39 is 18.1 Å². The summed E-state index contributed by atoms with van der Waals surface area (Å²) in [6.45, 7) is 4.36. The molecule has 0 aromatic carbocycles. The van der Waals surface area contributed by atoms with Crippen molar-refractivity contribution >= 4 is 17.9 Å². The van der Waals surface area contributed by atoms with Crippen LogP contribution in [0.2, 0.25) is 0 Å². The molecular weight excluding hydrogens is 642 g/mol. The van der Waals surface area contributed by atoms with Gasteiger partial charge in [0.2, 0.25) is 0 Å². The number of rotatable bonds is 32. The van der Waals surface area contributed by atoms with Gasteiger partial charge in [-0.05, 0) is 51.4 Å². The molecule has 0 radical (unpaired) electrons. The van der Waals surface area contributed by atoms with E-state index in [-0.39, 0.29) is 42.7 Å². The second-order valence-electron chi connectivity index (χ2n) is 13.5. The number of aliphatic carboxylic acids is 1. The summed E-state index contributed by atoms with van der Waals surface area (Å²) >= 11 is 0. The van der Waals surface area contributed by atoms with Gasteiger partial charge in [0.15, 0.2) is 12.1 Å². The van der Waals surface area contributed by atoms with E-state index in [9.17, 15) is 19.5 Å². The zero-order valence-corrected chi connectivity index (χ0v) is 32.5. The van der Waals surface area contributed by atoms with Crippen LogP contribution in [0, 0.1) is 0 Å². The van der Waals surface area contributed by atoms with Gasteiger partial charge in [-0.1, -0.05) is 131 Å². The molecule has 0 rings (SSSR count). The van der Waals surface area contributed by atoms with Crippen LogP contribution < -0.4 is 0 Å². The largest absolute Gasteiger partial charge is 0.477 e. The lowest BCUT2D eigenvalue weighted by atomic mass is 10.1. The quantitative estimate of drug-likeness (QED) is 0.0244. The Morgan fingerprint density at radius 3 is 1.78 bits per heavy atom. The zero-order valence-electron chi connectivity index (χ0n) is 32.5. The van der Waals surface area contributed by atoms with E-state index in [0.29, 0.717) is 19.3 Å². The van der Waals surface area contributed by atoms with E-state index in [4.69, 9.17) is 14.2 Å². The van der Waals surface area contributed by atoms with E-state index in [1.807, 2.05) is 75.8 Å². The predicted octanol–water partition coefficient (Wildman–Crippen LogP) is 9.79. The number of carboxylic acids is 1. The van der Waals surface area contributed by atoms with E-state index in [0.717, 1.165) is 57.8 Å². The maximum absolute atomic E-state index is 12.7. The molecule has 0 aliphatic rings. The zero-order chi connectivity index (χ0) is 37.8. The number of hydrogen-bond acceptors (Lipinski definition) is 6. The van der Waals surface area contributed by atoms with Crippen molar-refractivity contribution < 1.29 is 38.2 Å². The van der Waals surface area contributed by atoms with Gasteiger partial charge < -0.3 is 23.8 Å². The summed E-state index contributed by atoms with van der Waals surface area (Å²) < 4.78 is 17.1. The Balaban J connectivity index is 4.57. The third-order valence-electron chi connectivity index (χ3n) is 7.92. The van der Waals surface area contributed by atoms with Crippen molar-refractivity contribution in [1.29, 1.82) is 0 Å². The molecule has 0 aromatic heterocycles. The highest BCUT2D eigenvalue weighted by atomic mass is 16.6. The molecule has 0 amide bonds. The van der Waals surface area contributed by atoms with Crippen molar-refractivity contribution in [2.24, 2.45) is 0 Å². The predicted molar refractivity (Wildman–Crippen MR) is 210 cm³/mol. The normalized spacial score (nSPS) is 14.0. The van der Waals surface area contributed by atoms with Gasteiger partial charge in [0.1, 0.15) is 6.61 Å². The number of nitrogens with zero attached hydrogens (tertiary/aromatic N) is 1. The number of hydrogen-bond donors (Lipinski definition) is 1. The van der Waals surface area contributed by atoms with Crippen LogP contribution in [0.1, 0.15) is 117 Å². The molecule has 0 heterocycles. The van der Waals surface area contributed by atoms with Gasteiger partial charge in [-0.3, -0.25) is 9.59 Å². The fraction of sp³-hybridized carbons (Fsp3) is 0.605. The fourth-order valence-corrected chi connectivity index (χ4v) is 4.98. The van der Waals surface area contributed by atoms with Crippen LogP contribution in [0.25, 0.3) is 0 Å². The van der Waals surface area contributed by atoms with E-state index in [2.05, 4.69) is 44.2 Å². The monoisotopic (exact) mass is 713 g/mol. The molecule has 0 aliphatic heterocycles. The van der Waals surface area contributed by atoms with Crippen molar-refractivity contribution in [3.63, 3.8) is 0 Å². The molecule has 0 saturated heterocycles. The molecule has 0 aromatic rings. The minimum atomic E-state index is -0.891. The third kappa shape index (κ3) is 32.2. The Morgan fingerprint density at radius 2 is 1.16 bits per heavy atom. The summed E-state index contributed by atoms with van der Waals surface area (Å²) in [6.07, 6.45) is 42.1. The number of esters is 2. The fourth-order valence-electron chi connectivity index (χ4n) is 4.98. The Bertz CT molecular complexity index is 1110. The summed E-state index contributed by atoms with van der Waals surface area (Å²) in [5.41, 5.74) is 0. The van der Waals surface area contributed by atoms with Gasteiger partial charge >= 0.3 is 17.9 Å². The average molecular weight is 713 g/mol. The van der Waals surface area contributed by atoms with Crippen LogP contribution in [-0.2, 0) is 28.6 Å². The van der Waals surface area contributed by atoms with E-state index in [1.165, 1.54) is 19.3 Å². The average Bonchev–Trinajstić information content (AvgIpc) is 3.08. The van der Waals surface area contributed by atoms with Crippen LogP contribution >= 0.6 is 0 Å². The lowest BCUT2D eigenvalue weighted by Crippen LogP contribution is -2.50. The number of unbranched alkanes of at least 4 members (excludes halogenated alkanes) is 8. The summed E-state index contributed by atoms with van der Waals surface area (Å²) in [5, 5.41) is 9.58. The molecule has 2 atom stereocenters. The van der Waals surface area contributed by atoms with Crippen molar-refractivity contribution in [1.82, 2.24) is 0 Å². The molecule has 0 aliphatic carbocycles. The number of quaternary nitrogens is 1. The molecule has 8 nitrogen and oxygen atoms in total. The first-order chi connectivity index (χ1) is 24.6. The van der Waals surface area contributed by atoms with Gasteiger partial charge in [-0.15, -0.1) is 0 Å². The van der Waals surface area contributed by atoms with Crippen LogP contribution in [-0.4, -0.2) is 80.6 Å². The molecule has 0 bridgehead atoms. The van der Waals surface area contributed by atoms with Gasteiger partial charge in [-0.2, -0.15) is 0 Å². The number of carbonyl (C=O) groups is 3. The van der Waals surface area contributed by atoms with E-state index in [1.54, 1.807) is 0 Å². The maximum Gasteiger partial charge on any atom is 0.362 e. The molecule has 288 valence electrons. The number of ether oxygens (including phenoxy) is 3. The molecule has 0 fully saturated rings. The molecule has 0 saturated carbocycles. The SMILES string of the molecule is CC/C=C/C=C/C=C/C=C/C=C/CCCC(=O)OCC(COCCC(C(=O)O)[N+](C)(C)C)OC(=O)CCCCCCCCC/C=C/C/C=C/CC. The van der Waals surface area contributed by atoms with Crippen LogP contribution in [0.4, 0.5) is 0 Å². The number of carbonyl (C=O) groups excluding carboxylic acids is 2. The second-order valence-corrected chi connectivity index (χ2v) is 13.5. The summed E-state index contributed by atoms with van der Waals surface area (Å²) in [5.74, 6) is -1.59. The van der Waals surface area contributed by atoms with Crippen molar-refractivity contribution in [3.8, 4) is 0 Å². The smallest absolute Gasteiger partial charge is 0.362 e. The van der Waals surface area contributed by atoms with Crippen molar-refractivity contribution in [2.75, 3.05) is 41.0 Å². The Labute approximate surface area is 310 Å². The first-order valence-electron chi connectivity index (χ1n) is 19.2. The van der Waals surface area contributed by atoms with E-state index >= 15 is 0 Å². The van der Waals surface area contributed by atoms with Crippen molar-refractivity contribution in [3.05, 3.63) is 85.1 Å². The van der Waals surface area contributed by atoms with Gasteiger partial charge in [0.05, 0.1) is 34.4 Å². The molecular formula is C43H70NO7+. The van der Waals surface area contributed by atoms with Gasteiger partial charge in [-0.25, -0.2) is 4.79 Å². The van der Waals surface area contributed by atoms with Gasteiger partial charge in [0.25, 0.3) is 0 Å². The first kappa shape index (κ1) is 47.5. The minimum absolute atomic E-state index is 0.0296. The molecule has 1 N–H and O–H groups in total. The highest BCUT2D eigenvalue weighted by molar-refractivity contribution is 5.72. The summed E-state index contributed by atoms with van der Waals surface area (Å²) in [6, 6.07) is -0.630.